The summed E-state index contributed by atoms with van der Waals surface area (Å²) < 4.78 is 18.8. The van der Waals surface area contributed by atoms with Crippen molar-refractivity contribution in [2.24, 2.45) is 0 Å². The predicted molar refractivity (Wildman–Crippen MR) is 111 cm³/mol. The first-order valence-electron chi connectivity index (χ1n) is 9.41. The third kappa shape index (κ3) is 4.35. The number of hydrogen-bond acceptors (Lipinski definition) is 5. The lowest BCUT2D eigenvalue weighted by Gasteiger charge is -2.26. The molecule has 0 unspecified atom stereocenters. The fourth-order valence-corrected chi connectivity index (χ4v) is 3.49. The van der Waals surface area contributed by atoms with Crippen LogP contribution in [0.5, 0.6) is 0 Å². The number of morpholine rings is 1. The summed E-state index contributed by atoms with van der Waals surface area (Å²) in [5.41, 5.74) is 0.796. The predicted octanol–water partition coefficient (Wildman–Crippen LogP) is 2.11. The van der Waals surface area contributed by atoms with Crippen LogP contribution >= 0.6 is 12.4 Å². The summed E-state index contributed by atoms with van der Waals surface area (Å²) in [6.45, 7) is 4.24. The van der Waals surface area contributed by atoms with Crippen LogP contribution < -0.4 is 10.2 Å². The number of carbonyl (C=O) groups excluding carboxylic acids is 3. The van der Waals surface area contributed by atoms with Gasteiger partial charge in [-0.25, -0.2) is 9.29 Å². The van der Waals surface area contributed by atoms with Gasteiger partial charge >= 0.3 is 0 Å². The molecule has 2 aromatic carbocycles. The molecule has 2 heterocycles. The van der Waals surface area contributed by atoms with E-state index in [9.17, 15) is 18.8 Å². The molecule has 0 aliphatic carbocycles. The Morgan fingerprint density at radius 1 is 1.03 bits per heavy atom. The van der Waals surface area contributed by atoms with Crippen LogP contribution in [0, 0.1) is 5.82 Å². The van der Waals surface area contributed by atoms with Gasteiger partial charge in [0.1, 0.15) is 5.82 Å². The van der Waals surface area contributed by atoms with Crippen LogP contribution in [0.2, 0.25) is 0 Å². The van der Waals surface area contributed by atoms with Crippen molar-refractivity contribution in [1.29, 1.82) is 0 Å². The second-order valence-electron chi connectivity index (χ2n) is 6.90. The molecule has 158 valence electrons. The zero-order chi connectivity index (χ0) is 20.4. The molecule has 2 aliphatic heterocycles. The van der Waals surface area contributed by atoms with Gasteiger partial charge in [-0.1, -0.05) is 6.07 Å². The first kappa shape index (κ1) is 21.9. The van der Waals surface area contributed by atoms with Crippen LogP contribution in [0.25, 0.3) is 0 Å². The second kappa shape index (κ2) is 9.34. The third-order valence-electron chi connectivity index (χ3n) is 5.03. The van der Waals surface area contributed by atoms with Crippen molar-refractivity contribution in [2.75, 3.05) is 44.3 Å². The molecule has 2 aliphatic rings. The minimum absolute atomic E-state index is 0. The molecule has 3 amide bonds. The van der Waals surface area contributed by atoms with Gasteiger partial charge < -0.3 is 10.1 Å². The molecule has 1 saturated heterocycles. The van der Waals surface area contributed by atoms with Gasteiger partial charge in [0.05, 0.1) is 30.0 Å². The van der Waals surface area contributed by atoms with Crippen LogP contribution in [0.3, 0.4) is 0 Å². The van der Waals surface area contributed by atoms with Crippen molar-refractivity contribution in [3.8, 4) is 0 Å². The number of anilines is 1. The topological polar surface area (TPSA) is 79.0 Å². The van der Waals surface area contributed by atoms with E-state index < -0.39 is 17.6 Å². The maximum Gasteiger partial charge on any atom is 0.266 e. The van der Waals surface area contributed by atoms with Crippen LogP contribution in [0.1, 0.15) is 31.1 Å². The third-order valence-corrected chi connectivity index (χ3v) is 5.03. The number of fused-ring (bicyclic) bond motifs is 1. The van der Waals surface area contributed by atoms with Crippen molar-refractivity contribution >= 4 is 35.8 Å². The summed E-state index contributed by atoms with van der Waals surface area (Å²) in [5.74, 6) is -1.96. The van der Waals surface area contributed by atoms with Gasteiger partial charge in [0.25, 0.3) is 17.7 Å². The fraction of sp³-hybridized carbons (Fsp3) is 0.286. The van der Waals surface area contributed by atoms with Crippen LogP contribution in [-0.2, 0) is 4.74 Å². The maximum atomic E-state index is 13.5. The van der Waals surface area contributed by atoms with Crippen molar-refractivity contribution in [3.05, 3.63) is 65.0 Å². The molecule has 1 N–H and O–H groups in total. The Morgan fingerprint density at radius 3 is 2.50 bits per heavy atom. The number of halogens is 2. The number of carbonyl (C=O) groups is 3. The number of hydrogen-bond donors (Lipinski definition) is 1. The smallest absolute Gasteiger partial charge is 0.266 e. The van der Waals surface area contributed by atoms with Crippen LogP contribution in [0.15, 0.2) is 42.5 Å². The molecule has 0 radical (unpaired) electrons. The van der Waals surface area contributed by atoms with E-state index in [1.807, 2.05) is 0 Å². The van der Waals surface area contributed by atoms with E-state index in [1.54, 1.807) is 0 Å². The molecule has 0 atom stereocenters. The van der Waals surface area contributed by atoms with Crippen molar-refractivity contribution < 1.29 is 23.5 Å². The molecule has 9 heteroatoms. The molecule has 0 saturated carbocycles. The summed E-state index contributed by atoms with van der Waals surface area (Å²) in [6, 6.07) is 9.68. The Bertz CT molecular complexity index is 978. The summed E-state index contributed by atoms with van der Waals surface area (Å²) in [6.07, 6.45) is 0. The summed E-state index contributed by atoms with van der Waals surface area (Å²) in [4.78, 5) is 40.9. The summed E-state index contributed by atoms with van der Waals surface area (Å²) >= 11 is 0. The largest absolute Gasteiger partial charge is 0.379 e. The molecular weight excluding hydrogens is 413 g/mol. The SMILES string of the molecule is Cl.O=C(NCCN1CCOCC1)c1ccc2c(c1)C(=O)N(c1cccc(F)c1)C2=O. The van der Waals surface area contributed by atoms with E-state index in [2.05, 4.69) is 10.2 Å². The Balaban J connectivity index is 0.00000256. The molecule has 7 nitrogen and oxygen atoms in total. The zero-order valence-corrected chi connectivity index (χ0v) is 16.9. The highest BCUT2D eigenvalue weighted by atomic mass is 35.5. The van der Waals surface area contributed by atoms with E-state index in [4.69, 9.17) is 4.74 Å². The van der Waals surface area contributed by atoms with E-state index in [-0.39, 0.29) is 35.1 Å². The minimum Gasteiger partial charge on any atom is -0.379 e. The molecule has 2 aromatic rings. The summed E-state index contributed by atoms with van der Waals surface area (Å²) in [7, 11) is 0. The van der Waals surface area contributed by atoms with Crippen molar-refractivity contribution in [2.45, 2.75) is 0 Å². The first-order valence-corrected chi connectivity index (χ1v) is 9.41. The van der Waals surface area contributed by atoms with Gasteiger partial charge in [-0.3, -0.25) is 19.3 Å². The lowest BCUT2D eigenvalue weighted by atomic mass is 10.1. The molecule has 0 spiro atoms. The Morgan fingerprint density at radius 2 is 1.77 bits per heavy atom. The Hall–Kier alpha value is -2.81. The van der Waals surface area contributed by atoms with E-state index in [0.717, 1.165) is 24.1 Å². The molecule has 1 fully saturated rings. The number of ether oxygens (including phenoxy) is 1. The lowest BCUT2D eigenvalue weighted by molar-refractivity contribution is 0.0383. The molecule has 0 bridgehead atoms. The van der Waals surface area contributed by atoms with Gasteiger partial charge in [-0.15, -0.1) is 12.4 Å². The first-order chi connectivity index (χ1) is 14.0. The normalized spacial score (nSPS) is 16.2. The molecule has 0 aromatic heterocycles. The van der Waals surface area contributed by atoms with Crippen LogP contribution in [0.4, 0.5) is 10.1 Å². The monoisotopic (exact) mass is 433 g/mol. The quantitative estimate of drug-likeness (QED) is 0.731. The average molecular weight is 434 g/mol. The second-order valence-corrected chi connectivity index (χ2v) is 6.90. The standard InChI is InChI=1S/C21H20FN3O4.ClH/c22-15-2-1-3-16(13-15)25-20(27)17-5-4-14(12-18(17)21(25)28)19(26)23-6-7-24-8-10-29-11-9-24;/h1-5,12-13H,6-11H2,(H,23,26);1H. The van der Waals surface area contributed by atoms with Crippen molar-refractivity contribution in [3.63, 3.8) is 0 Å². The van der Waals surface area contributed by atoms with E-state index in [0.29, 0.717) is 31.9 Å². The van der Waals surface area contributed by atoms with Crippen LogP contribution in [-0.4, -0.2) is 62.0 Å². The molecule has 30 heavy (non-hydrogen) atoms. The maximum absolute atomic E-state index is 13.5. The fourth-order valence-electron chi connectivity index (χ4n) is 3.49. The Kier molecular flexibility index (Phi) is 6.81. The number of nitrogens with zero attached hydrogens (tertiary/aromatic N) is 2. The number of nitrogens with one attached hydrogen (secondary N) is 1. The highest BCUT2D eigenvalue weighted by molar-refractivity contribution is 6.34. The molecular formula is C21H21ClFN3O4. The number of rotatable bonds is 5. The average Bonchev–Trinajstić information content (AvgIpc) is 2.98. The van der Waals surface area contributed by atoms with Gasteiger partial charge in [0, 0.05) is 31.7 Å². The number of benzene rings is 2. The highest BCUT2D eigenvalue weighted by Crippen LogP contribution is 2.29. The minimum atomic E-state index is -0.571. The summed E-state index contributed by atoms with van der Waals surface area (Å²) in [5, 5.41) is 2.83. The zero-order valence-electron chi connectivity index (χ0n) is 16.1. The number of imide groups is 1. The Labute approximate surface area is 179 Å². The van der Waals surface area contributed by atoms with E-state index >= 15 is 0 Å². The van der Waals surface area contributed by atoms with Crippen molar-refractivity contribution in [1.82, 2.24) is 10.2 Å². The highest BCUT2D eigenvalue weighted by Gasteiger charge is 2.37. The van der Waals surface area contributed by atoms with Gasteiger partial charge in [0.2, 0.25) is 0 Å². The van der Waals surface area contributed by atoms with Gasteiger partial charge in [0.15, 0.2) is 0 Å². The van der Waals surface area contributed by atoms with E-state index in [1.165, 1.54) is 36.4 Å². The van der Waals surface area contributed by atoms with Gasteiger partial charge in [-0.05, 0) is 36.4 Å². The number of amides is 3. The van der Waals surface area contributed by atoms with Gasteiger partial charge in [-0.2, -0.15) is 0 Å². The lowest BCUT2D eigenvalue weighted by Crippen LogP contribution is -2.41. The molecule has 4 rings (SSSR count).